The highest BCUT2D eigenvalue weighted by Crippen LogP contribution is 2.09. The largest absolute Gasteiger partial charge is 0.457 e. The van der Waals surface area contributed by atoms with Gasteiger partial charge in [0.15, 0.2) is 6.61 Å². The number of furan rings is 1. The highest BCUT2D eigenvalue weighted by molar-refractivity contribution is 7.97. The summed E-state index contributed by atoms with van der Waals surface area (Å²) in [6, 6.07) is 3.16. The predicted molar refractivity (Wildman–Crippen MR) is 64.4 cm³/mol. The molecule has 1 aromatic rings. The van der Waals surface area contributed by atoms with Crippen LogP contribution in [0.15, 0.2) is 35.3 Å². The van der Waals surface area contributed by atoms with E-state index in [4.69, 9.17) is 14.0 Å². The Morgan fingerprint density at radius 3 is 3.22 bits per heavy atom. The van der Waals surface area contributed by atoms with Crippen molar-refractivity contribution in [2.45, 2.75) is 0 Å². The SMILES string of the molecule is O=C(OCC#CCSN1NC=CO1)c1ccco1. The van der Waals surface area contributed by atoms with E-state index in [1.165, 1.54) is 35.1 Å². The number of rotatable bonds is 4. The molecule has 1 N–H and O–H groups in total. The maximum atomic E-state index is 11.3. The zero-order chi connectivity index (χ0) is 12.6. The third kappa shape index (κ3) is 3.76. The van der Waals surface area contributed by atoms with Gasteiger partial charge in [0.2, 0.25) is 5.76 Å². The molecule has 0 radical (unpaired) electrons. The molecule has 2 rings (SSSR count). The minimum atomic E-state index is -0.518. The highest BCUT2D eigenvalue weighted by atomic mass is 32.2. The first kappa shape index (κ1) is 12.4. The van der Waals surface area contributed by atoms with Crippen molar-refractivity contribution in [2.24, 2.45) is 0 Å². The maximum absolute atomic E-state index is 11.3. The van der Waals surface area contributed by atoms with Crippen LogP contribution in [0.25, 0.3) is 0 Å². The van der Waals surface area contributed by atoms with Gasteiger partial charge < -0.3 is 14.0 Å². The molecule has 0 bridgehead atoms. The fourth-order valence-corrected chi connectivity index (χ4v) is 1.57. The van der Waals surface area contributed by atoms with E-state index in [1.807, 2.05) is 0 Å². The molecule has 0 saturated carbocycles. The van der Waals surface area contributed by atoms with Crippen LogP contribution in [0.4, 0.5) is 0 Å². The van der Waals surface area contributed by atoms with Crippen molar-refractivity contribution in [3.63, 3.8) is 0 Å². The van der Waals surface area contributed by atoms with Crippen molar-refractivity contribution in [3.8, 4) is 11.8 Å². The lowest BCUT2D eigenvalue weighted by Crippen LogP contribution is -2.20. The summed E-state index contributed by atoms with van der Waals surface area (Å²) < 4.78 is 11.2. The van der Waals surface area contributed by atoms with E-state index < -0.39 is 5.97 Å². The Bertz CT molecular complexity index is 467. The van der Waals surface area contributed by atoms with Crippen LogP contribution >= 0.6 is 11.9 Å². The second kappa shape index (κ2) is 6.64. The second-order valence-corrected chi connectivity index (χ2v) is 3.85. The summed E-state index contributed by atoms with van der Waals surface area (Å²) in [6.07, 6.45) is 4.59. The smallest absolute Gasteiger partial charge is 0.375 e. The van der Waals surface area contributed by atoms with Gasteiger partial charge >= 0.3 is 5.97 Å². The average Bonchev–Trinajstić information content (AvgIpc) is 3.05. The Morgan fingerprint density at radius 2 is 2.50 bits per heavy atom. The van der Waals surface area contributed by atoms with E-state index in [2.05, 4.69) is 17.3 Å². The number of nitrogens with one attached hydrogen (secondary N) is 1. The third-order valence-corrected chi connectivity index (χ3v) is 2.48. The van der Waals surface area contributed by atoms with E-state index in [0.29, 0.717) is 5.75 Å². The van der Waals surface area contributed by atoms with Crippen molar-refractivity contribution >= 4 is 17.9 Å². The molecule has 0 aliphatic carbocycles. The predicted octanol–water partition coefficient (Wildman–Crippen LogP) is 1.31. The molecule has 1 aliphatic heterocycles. The van der Waals surface area contributed by atoms with Crippen LogP contribution in [0, 0.1) is 11.8 Å². The summed E-state index contributed by atoms with van der Waals surface area (Å²) in [4.78, 5) is 16.3. The fourth-order valence-electron chi connectivity index (χ4n) is 1.04. The van der Waals surface area contributed by atoms with Gasteiger partial charge in [-0.05, 0) is 24.1 Å². The zero-order valence-electron chi connectivity index (χ0n) is 9.29. The minimum Gasteiger partial charge on any atom is -0.457 e. The first-order valence-corrected chi connectivity index (χ1v) is 5.98. The van der Waals surface area contributed by atoms with Crippen LogP contribution in [0.3, 0.4) is 0 Å². The lowest BCUT2D eigenvalue weighted by Gasteiger charge is -2.09. The monoisotopic (exact) mass is 266 g/mol. The molecule has 1 aliphatic rings. The lowest BCUT2D eigenvalue weighted by atomic mass is 10.5. The maximum Gasteiger partial charge on any atom is 0.375 e. The summed E-state index contributed by atoms with van der Waals surface area (Å²) in [6.45, 7) is 0.0344. The molecule has 0 unspecified atom stereocenters. The normalized spacial score (nSPS) is 13.3. The second-order valence-electron chi connectivity index (χ2n) is 2.97. The standard InChI is InChI=1S/C11H10N2O4S/c14-11(10-4-3-7-15-10)16-6-1-2-9-18-13-12-5-8-17-13/h3-5,7-8,12H,6,9H2. The van der Waals surface area contributed by atoms with Crippen LogP contribution in [0.5, 0.6) is 0 Å². The molecular formula is C11H10N2O4S. The van der Waals surface area contributed by atoms with Gasteiger partial charge in [0.25, 0.3) is 0 Å². The number of carbonyl (C=O) groups excluding carboxylic acids is 1. The Morgan fingerprint density at radius 1 is 1.56 bits per heavy atom. The molecule has 7 heteroatoms. The molecule has 0 spiro atoms. The Kier molecular flexibility index (Phi) is 4.58. The van der Waals surface area contributed by atoms with Crippen molar-refractivity contribution in [3.05, 3.63) is 36.6 Å². The van der Waals surface area contributed by atoms with Crippen molar-refractivity contribution < 1.29 is 18.8 Å². The summed E-state index contributed by atoms with van der Waals surface area (Å²) >= 11 is 1.35. The quantitative estimate of drug-likeness (QED) is 0.501. The first-order chi connectivity index (χ1) is 8.86. The van der Waals surface area contributed by atoms with E-state index >= 15 is 0 Å². The van der Waals surface area contributed by atoms with Gasteiger partial charge in [-0.2, -0.15) is 0 Å². The van der Waals surface area contributed by atoms with Gasteiger partial charge in [0.1, 0.15) is 6.26 Å². The van der Waals surface area contributed by atoms with E-state index in [9.17, 15) is 4.79 Å². The van der Waals surface area contributed by atoms with Crippen molar-refractivity contribution in [1.82, 2.24) is 10.0 Å². The van der Waals surface area contributed by atoms with Gasteiger partial charge in [-0.15, -0.1) is 0 Å². The molecule has 6 nitrogen and oxygen atoms in total. The van der Waals surface area contributed by atoms with Crippen molar-refractivity contribution in [1.29, 1.82) is 0 Å². The Hall–Kier alpha value is -2.04. The van der Waals surface area contributed by atoms with Gasteiger partial charge in [-0.25, -0.2) is 4.79 Å². The van der Waals surface area contributed by atoms with Gasteiger partial charge in [0, 0.05) is 4.58 Å². The van der Waals surface area contributed by atoms with Gasteiger partial charge in [-0.3, -0.25) is 5.43 Å². The van der Waals surface area contributed by atoms with Crippen LogP contribution in [0.2, 0.25) is 0 Å². The topological polar surface area (TPSA) is 63.9 Å². The average molecular weight is 266 g/mol. The van der Waals surface area contributed by atoms with Crippen LogP contribution < -0.4 is 5.43 Å². The molecule has 18 heavy (non-hydrogen) atoms. The number of hydrogen-bond acceptors (Lipinski definition) is 7. The number of carbonyl (C=O) groups is 1. The van der Waals surface area contributed by atoms with Gasteiger partial charge in [-0.1, -0.05) is 11.8 Å². The van der Waals surface area contributed by atoms with Crippen LogP contribution in [-0.2, 0) is 9.57 Å². The third-order valence-electron chi connectivity index (χ3n) is 1.78. The zero-order valence-corrected chi connectivity index (χ0v) is 10.1. The molecule has 0 atom stereocenters. The van der Waals surface area contributed by atoms with Crippen molar-refractivity contribution in [2.75, 3.05) is 12.4 Å². The van der Waals surface area contributed by atoms with E-state index in [1.54, 1.807) is 12.3 Å². The Balaban J connectivity index is 1.59. The van der Waals surface area contributed by atoms with Gasteiger partial charge in [0.05, 0.1) is 18.2 Å². The number of ether oxygens (including phenoxy) is 1. The number of nitrogens with zero attached hydrogens (tertiary/aromatic N) is 1. The molecule has 0 fully saturated rings. The highest BCUT2D eigenvalue weighted by Gasteiger charge is 2.08. The van der Waals surface area contributed by atoms with Crippen LogP contribution in [0.1, 0.15) is 10.6 Å². The molecule has 1 aromatic heterocycles. The molecule has 94 valence electrons. The Labute approximate surface area is 108 Å². The fraction of sp³-hybridized carbons (Fsp3) is 0.182. The minimum absolute atomic E-state index is 0.0344. The molecule has 0 amide bonds. The summed E-state index contributed by atoms with van der Waals surface area (Å²) in [7, 11) is 0. The first-order valence-electron chi connectivity index (χ1n) is 5.03. The number of hydrazine groups is 1. The summed E-state index contributed by atoms with van der Waals surface area (Å²) in [5.41, 5.74) is 2.81. The number of hydrogen-bond donors (Lipinski definition) is 1. The molecule has 2 heterocycles. The van der Waals surface area contributed by atoms with Crippen LogP contribution in [-0.4, -0.2) is 22.9 Å². The molecule has 0 aromatic carbocycles. The molecular weight excluding hydrogens is 256 g/mol. The number of esters is 1. The summed E-state index contributed by atoms with van der Waals surface area (Å²) in [5.74, 6) is 5.72. The summed E-state index contributed by atoms with van der Waals surface area (Å²) in [5, 5.41) is 0. The van der Waals surface area contributed by atoms with E-state index in [0.717, 1.165) is 0 Å². The van der Waals surface area contributed by atoms with E-state index in [-0.39, 0.29) is 12.4 Å². The lowest BCUT2D eigenvalue weighted by molar-refractivity contribution is -0.00803. The molecule has 0 saturated heterocycles.